The predicted molar refractivity (Wildman–Crippen MR) is 87.0 cm³/mol. The zero-order chi connectivity index (χ0) is 15.9. The SMILES string of the molecule is CCCC[C@H](NCc1cc2c(cc1SC)OCCO2)C(=O)O. The van der Waals surface area contributed by atoms with Crippen LogP contribution >= 0.6 is 11.8 Å². The molecule has 1 aromatic rings. The van der Waals surface area contributed by atoms with Crippen LogP contribution in [0.15, 0.2) is 17.0 Å². The maximum atomic E-state index is 11.3. The van der Waals surface area contributed by atoms with Crippen molar-refractivity contribution in [2.45, 2.75) is 43.7 Å². The molecule has 0 amide bonds. The average molecular weight is 325 g/mol. The van der Waals surface area contributed by atoms with E-state index in [-0.39, 0.29) is 0 Å². The highest BCUT2D eigenvalue weighted by Crippen LogP contribution is 2.36. The summed E-state index contributed by atoms with van der Waals surface area (Å²) in [4.78, 5) is 12.4. The number of hydrogen-bond acceptors (Lipinski definition) is 5. The van der Waals surface area contributed by atoms with E-state index in [9.17, 15) is 9.90 Å². The van der Waals surface area contributed by atoms with Gasteiger partial charge in [0.05, 0.1) is 0 Å². The van der Waals surface area contributed by atoms with E-state index < -0.39 is 12.0 Å². The lowest BCUT2D eigenvalue weighted by atomic mass is 10.1. The third-order valence-electron chi connectivity index (χ3n) is 3.63. The van der Waals surface area contributed by atoms with Crippen molar-refractivity contribution in [1.29, 1.82) is 0 Å². The van der Waals surface area contributed by atoms with Crippen molar-refractivity contribution in [2.24, 2.45) is 0 Å². The van der Waals surface area contributed by atoms with Crippen LogP contribution in [0.5, 0.6) is 11.5 Å². The summed E-state index contributed by atoms with van der Waals surface area (Å²) in [6.45, 7) is 3.68. The van der Waals surface area contributed by atoms with Gasteiger partial charge < -0.3 is 19.9 Å². The molecular weight excluding hydrogens is 302 g/mol. The van der Waals surface area contributed by atoms with Gasteiger partial charge in [-0.1, -0.05) is 19.8 Å². The maximum absolute atomic E-state index is 11.3. The van der Waals surface area contributed by atoms with E-state index in [1.807, 2.05) is 18.4 Å². The van der Waals surface area contributed by atoms with E-state index in [0.717, 1.165) is 34.8 Å². The smallest absolute Gasteiger partial charge is 0.320 e. The van der Waals surface area contributed by atoms with Crippen LogP contribution < -0.4 is 14.8 Å². The second kappa shape index (κ2) is 8.29. The molecule has 22 heavy (non-hydrogen) atoms. The molecule has 1 aromatic carbocycles. The number of carboxylic acids is 1. The first-order chi connectivity index (χ1) is 10.7. The quantitative estimate of drug-likeness (QED) is 0.716. The van der Waals surface area contributed by atoms with E-state index in [1.165, 1.54) is 0 Å². The largest absolute Gasteiger partial charge is 0.486 e. The lowest BCUT2D eigenvalue weighted by Gasteiger charge is -2.21. The summed E-state index contributed by atoms with van der Waals surface area (Å²) in [5, 5.41) is 12.4. The Bertz CT molecular complexity index is 521. The Kier molecular flexibility index (Phi) is 6.39. The van der Waals surface area contributed by atoms with Gasteiger partial charge in [0, 0.05) is 11.4 Å². The normalized spacial score (nSPS) is 14.6. The van der Waals surface area contributed by atoms with Gasteiger partial charge in [-0.15, -0.1) is 11.8 Å². The predicted octanol–water partition coefficient (Wildman–Crippen LogP) is 2.91. The number of ether oxygens (including phenoxy) is 2. The van der Waals surface area contributed by atoms with Crippen LogP contribution in [0, 0.1) is 0 Å². The number of hydrogen-bond donors (Lipinski definition) is 2. The van der Waals surface area contributed by atoms with Crippen LogP contribution in [0.3, 0.4) is 0 Å². The number of nitrogens with one attached hydrogen (secondary N) is 1. The van der Waals surface area contributed by atoms with Crippen LogP contribution in [-0.2, 0) is 11.3 Å². The molecule has 1 aliphatic heterocycles. The molecule has 2 N–H and O–H groups in total. The van der Waals surface area contributed by atoms with Crippen LogP contribution in [0.25, 0.3) is 0 Å². The van der Waals surface area contributed by atoms with Crippen molar-refractivity contribution in [1.82, 2.24) is 5.32 Å². The molecule has 0 saturated carbocycles. The number of carbonyl (C=O) groups is 1. The van der Waals surface area contributed by atoms with E-state index >= 15 is 0 Å². The van der Waals surface area contributed by atoms with Crippen LogP contribution in [0.4, 0.5) is 0 Å². The molecule has 0 spiro atoms. The highest BCUT2D eigenvalue weighted by Gasteiger charge is 2.19. The van der Waals surface area contributed by atoms with Gasteiger partial charge in [-0.25, -0.2) is 0 Å². The highest BCUT2D eigenvalue weighted by atomic mass is 32.2. The summed E-state index contributed by atoms with van der Waals surface area (Å²) < 4.78 is 11.2. The van der Waals surface area contributed by atoms with Gasteiger partial charge in [-0.2, -0.15) is 0 Å². The number of aliphatic carboxylic acids is 1. The number of carboxylic acid groups (broad SMARTS) is 1. The topological polar surface area (TPSA) is 67.8 Å². The molecule has 0 radical (unpaired) electrons. The maximum Gasteiger partial charge on any atom is 0.320 e. The van der Waals surface area contributed by atoms with Gasteiger partial charge in [0.2, 0.25) is 0 Å². The summed E-state index contributed by atoms with van der Waals surface area (Å²) in [5.41, 5.74) is 1.04. The highest BCUT2D eigenvalue weighted by molar-refractivity contribution is 7.98. The Balaban J connectivity index is 2.09. The molecule has 2 rings (SSSR count). The minimum Gasteiger partial charge on any atom is -0.486 e. The standard InChI is InChI=1S/C16H23NO4S/c1-3-4-5-12(16(18)19)17-10-11-8-13-14(9-15(11)22-2)21-7-6-20-13/h8-9,12,17H,3-7,10H2,1-2H3,(H,18,19)/t12-/m0/s1. The van der Waals surface area contributed by atoms with Gasteiger partial charge in [0.1, 0.15) is 19.3 Å². The first-order valence-corrected chi connectivity index (χ1v) is 8.80. The molecule has 0 unspecified atom stereocenters. The Labute approximate surface area is 135 Å². The summed E-state index contributed by atoms with van der Waals surface area (Å²) >= 11 is 1.62. The zero-order valence-electron chi connectivity index (χ0n) is 13.1. The molecule has 0 aliphatic carbocycles. The van der Waals surface area contributed by atoms with Gasteiger partial charge >= 0.3 is 5.97 Å². The molecule has 122 valence electrons. The number of fused-ring (bicyclic) bond motifs is 1. The fourth-order valence-corrected chi connectivity index (χ4v) is 3.01. The molecule has 5 nitrogen and oxygen atoms in total. The summed E-state index contributed by atoms with van der Waals surface area (Å²) in [5.74, 6) is 0.707. The fourth-order valence-electron chi connectivity index (χ4n) is 2.39. The van der Waals surface area contributed by atoms with Crippen molar-refractivity contribution in [3.63, 3.8) is 0 Å². The van der Waals surface area contributed by atoms with E-state index in [4.69, 9.17) is 9.47 Å². The molecule has 0 bridgehead atoms. The van der Waals surface area contributed by atoms with E-state index in [1.54, 1.807) is 11.8 Å². The van der Waals surface area contributed by atoms with Crippen molar-refractivity contribution in [3.8, 4) is 11.5 Å². The minimum atomic E-state index is -0.795. The molecule has 6 heteroatoms. The van der Waals surface area contributed by atoms with E-state index in [2.05, 4.69) is 12.2 Å². The molecule has 0 saturated heterocycles. The van der Waals surface area contributed by atoms with Crippen molar-refractivity contribution in [3.05, 3.63) is 17.7 Å². The number of benzene rings is 1. The Morgan fingerprint density at radius 3 is 2.64 bits per heavy atom. The van der Waals surface area contributed by atoms with Crippen molar-refractivity contribution >= 4 is 17.7 Å². The third kappa shape index (κ3) is 4.30. The first-order valence-electron chi connectivity index (χ1n) is 7.58. The number of unbranched alkanes of at least 4 members (excludes halogenated alkanes) is 1. The number of thioether (sulfide) groups is 1. The van der Waals surface area contributed by atoms with Crippen LogP contribution in [-0.4, -0.2) is 36.6 Å². The minimum absolute atomic E-state index is 0.507. The lowest BCUT2D eigenvalue weighted by Crippen LogP contribution is -2.36. The van der Waals surface area contributed by atoms with Gasteiger partial charge in [-0.05, 0) is 30.4 Å². The monoisotopic (exact) mass is 325 g/mol. The molecule has 0 fully saturated rings. The summed E-state index contributed by atoms with van der Waals surface area (Å²) in [6, 6.07) is 3.41. The Hall–Kier alpha value is -1.40. The molecular formula is C16H23NO4S. The van der Waals surface area contributed by atoms with E-state index in [0.29, 0.717) is 26.2 Å². The lowest BCUT2D eigenvalue weighted by molar-refractivity contribution is -0.139. The average Bonchev–Trinajstić information content (AvgIpc) is 2.53. The molecule has 0 aromatic heterocycles. The van der Waals surface area contributed by atoms with Crippen molar-refractivity contribution in [2.75, 3.05) is 19.5 Å². The second-order valence-electron chi connectivity index (χ2n) is 5.22. The zero-order valence-corrected chi connectivity index (χ0v) is 13.9. The van der Waals surface area contributed by atoms with Gasteiger partial charge in [0.25, 0.3) is 0 Å². The number of rotatable bonds is 8. The summed E-state index contributed by atoms with van der Waals surface area (Å²) in [6.07, 6.45) is 4.54. The van der Waals surface area contributed by atoms with Gasteiger partial charge in [0.15, 0.2) is 11.5 Å². The first kappa shape index (κ1) is 17.0. The molecule has 1 atom stereocenters. The second-order valence-corrected chi connectivity index (χ2v) is 6.07. The Morgan fingerprint density at radius 2 is 2.05 bits per heavy atom. The third-order valence-corrected chi connectivity index (χ3v) is 4.45. The van der Waals surface area contributed by atoms with Crippen LogP contribution in [0.1, 0.15) is 31.7 Å². The summed E-state index contributed by atoms with van der Waals surface area (Å²) in [7, 11) is 0. The van der Waals surface area contributed by atoms with Crippen LogP contribution in [0.2, 0.25) is 0 Å². The van der Waals surface area contributed by atoms with Gasteiger partial charge in [-0.3, -0.25) is 4.79 Å². The Morgan fingerprint density at radius 1 is 1.36 bits per heavy atom. The van der Waals surface area contributed by atoms with Crippen molar-refractivity contribution < 1.29 is 19.4 Å². The molecule has 1 aliphatic rings. The fraction of sp³-hybridized carbons (Fsp3) is 0.562. The molecule has 1 heterocycles.